The van der Waals surface area contributed by atoms with Crippen molar-refractivity contribution >= 4 is 21.6 Å². The maximum atomic E-state index is 13.5. The third-order valence-electron chi connectivity index (χ3n) is 2.68. The third kappa shape index (κ3) is 2.77. The highest BCUT2D eigenvalue weighted by atomic mass is 35.5. The maximum Gasteiger partial charge on any atom is 0.243 e. The lowest BCUT2D eigenvalue weighted by atomic mass is 9.89. The molecule has 0 heterocycles. The number of hydrogen-bond donors (Lipinski definition) is 2. The van der Waals surface area contributed by atoms with Crippen molar-refractivity contribution in [3.05, 3.63) is 29.0 Å². The molecule has 1 aliphatic rings. The first-order chi connectivity index (χ1) is 7.88. The Kier molecular flexibility index (Phi) is 3.40. The van der Waals surface area contributed by atoms with Crippen molar-refractivity contribution in [2.75, 3.05) is 0 Å². The van der Waals surface area contributed by atoms with Crippen molar-refractivity contribution in [2.24, 2.45) is 5.73 Å². The van der Waals surface area contributed by atoms with Crippen LogP contribution in [0, 0.1) is 5.82 Å². The van der Waals surface area contributed by atoms with Gasteiger partial charge in [0.1, 0.15) is 10.7 Å². The summed E-state index contributed by atoms with van der Waals surface area (Å²) in [6.07, 6.45) is 1.16. The van der Waals surface area contributed by atoms with Gasteiger partial charge < -0.3 is 5.73 Å². The van der Waals surface area contributed by atoms with Gasteiger partial charge in [0.15, 0.2) is 0 Å². The van der Waals surface area contributed by atoms with Gasteiger partial charge in [0.05, 0.1) is 0 Å². The summed E-state index contributed by atoms with van der Waals surface area (Å²) in [6, 6.07) is 3.29. The van der Waals surface area contributed by atoms with Gasteiger partial charge >= 0.3 is 0 Å². The lowest BCUT2D eigenvalue weighted by molar-refractivity contribution is 0.326. The molecule has 0 bridgehead atoms. The second-order valence-corrected chi connectivity index (χ2v) is 6.24. The molecule has 0 spiro atoms. The minimum absolute atomic E-state index is 0.0257. The van der Waals surface area contributed by atoms with Crippen LogP contribution < -0.4 is 10.5 Å². The highest BCUT2D eigenvalue weighted by Crippen LogP contribution is 2.23. The molecular formula is C10H12ClFN2O2S. The predicted octanol–water partition coefficient (Wildman–Crippen LogP) is 1.25. The van der Waals surface area contributed by atoms with Crippen molar-refractivity contribution in [1.82, 2.24) is 4.72 Å². The molecule has 4 nitrogen and oxygen atoms in total. The van der Waals surface area contributed by atoms with Crippen LogP contribution in [-0.2, 0) is 10.0 Å². The van der Waals surface area contributed by atoms with Crippen molar-refractivity contribution in [3.8, 4) is 0 Å². The lowest BCUT2D eigenvalue weighted by Gasteiger charge is -2.32. The fourth-order valence-electron chi connectivity index (χ4n) is 1.73. The van der Waals surface area contributed by atoms with Gasteiger partial charge in [-0.1, -0.05) is 11.6 Å². The van der Waals surface area contributed by atoms with Crippen molar-refractivity contribution in [1.29, 1.82) is 0 Å². The second-order valence-electron chi connectivity index (χ2n) is 4.12. The quantitative estimate of drug-likeness (QED) is 0.874. The topological polar surface area (TPSA) is 72.2 Å². The third-order valence-corrected chi connectivity index (χ3v) is 4.47. The van der Waals surface area contributed by atoms with Crippen LogP contribution in [-0.4, -0.2) is 20.5 Å². The largest absolute Gasteiger partial charge is 0.328 e. The number of sulfonamides is 1. The summed E-state index contributed by atoms with van der Waals surface area (Å²) in [4.78, 5) is -0.387. The summed E-state index contributed by atoms with van der Waals surface area (Å²) < 4.78 is 39.6. The number of nitrogens with two attached hydrogens (primary N) is 1. The molecule has 3 N–H and O–H groups in total. The van der Waals surface area contributed by atoms with E-state index in [0.29, 0.717) is 12.8 Å². The Labute approximate surface area is 104 Å². The van der Waals surface area contributed by atoms with Crippen LogP contribution in [0.3, 0.4) is 0 Å². The Morgan fingerprint density at radius 3 is 2.59 bits per heavy atom. The molecule has 1 aliphatic carbocycles. The molecule has 0 radical (unpaired) electrons. The molecule has 0 aromatic heterocycles. The van der Waals surface area contributed by atoms with E-state index in [-0.39, 0.29) is 22.0 Å². The van der Waals surface area contributed by atoms with Gasteiger partial charge in [-0.2, -0.15) is 0 Å². The first-order valence-electron chi connectivity index (χ1n) is 5.11. The molecule has 0 unspecified atom stereocenters. The Morgan fingerprint density at radius 2 is 2.06 bits per heavy atom. The van der Waals surface area contributed by atoms with Crippen LogP contribution in [0.25, 0.3) is 0 Å². The van der Waals surface area contributed by atoms with Crippen LogP contribution in [0.1, 0.15) is 12.8 Å². The molecular weight excluding hydrogens is 267 g/mol. The number of hydrogen-bond acceptors (Lipinski definition) is 3. The molecule has 17 heavy (non-hydrogen) atoms. The van der Waals surface area contributed by atoms with Crippen LogP contribution >= 0.6 is 11.6 Å². The van der Waals surface area contributed by atoms with Gasteiger partial charge in [0.25, 0.3) is 0 Å². The highest BCUT2D eigenvalue weighted by Gasteiger charge is 2.31. The Balaban J connectivity index is 2.20. The second kappa shape index (κ2) is 4.53. The summed E-state index contributed by atoms with van der Waals surface area (Å²) in [7, 11) is -3.83. The molecule has 0 saturated heterocycles. The zero-order valence-corrected chi connectivity index (χ0v) is 10.4. The zero-order valence-electron chi connectivity index (χ0n) is 8.86. The summed E-state index contributed by atoms with van der Waals surface area (Å²) in [5.41, 5.74) is 5.55. The van der Waals surface area contributed by atoms with Crippen molar-refractivity contribution in [3.63, 3.8) is 0 Å². The smallest absolute Gasteiger partial charge is 0.243 e. The summed E-state index contributed by atoms with van der Waals surface area (Å²) in [5, 5.41) is 0.159. The Hall–Kier alpha value is -0.690. The molecule has 1 aromatic rings. The van der Waals surface area contributed by atoms with E-state index in [1.54, 1.807) is 0 Å². The normalized spacial score (nSPS) is 24.4. The highest BCUT2D eigenvalue weighted by molar-refractivity contribution is 7.89. The predicted molar refractivity (Wildman–Crippen MR) is 62.7 cm³/mol. The number of benzene rings is 1. The van der Waals surface area contributed by atoms with E-state index in [0.717, 1.165) is 12.1 Å². The van der Waals surface area contributed by atoms with Gasteiger partial charge in [-0.3, -0.25) is 0 Å². The SMILES string of the molecule is NC1CC(NS(=O)(=O)c2ccc(Cl)cc2F)C1. The summed E-state index contributed by atoms with van der Waals surface area (Å²) >= 11 is 5.56. The van der Waals surface area contributed by atoms with E-state index in [4.69, 9.17) is 17.3 Å². The molecule has 2 rings (SSSR count). The number of rotatable bonds is 3. The molecule has 0 amide bonds. The van der Waals surface area contributed by atoms with Gasteiger partial charge in [0, 0.05) is 17.1 Å². The average molecular weight is 279 g/mol. The molecule has 1 aromatic carbocycles. The summed E-state index contributed by atoms with van der Waals surface area (Å²) in [6.45, 7) is 0. The van der Waals surface area contributed by atoms with Gasteiger partial charge in [0.2, 0.25) is 10.0 Å². The first kappa shape index (κ1) is 12.8. The Morgan fingerprint density at radius 1 is 1.41 bits per heavy atom. The van der Waals surface area contributed by atoms with E-state index in [1.807, 2.05) is 0 Å². The number of halogens is 2. The van der Waals surface area contributed by atoms with E-state index < -0.39 is 15.8 Å². The molecule has 0 aliphatic heterocycles. The van der Waals surface area contributed by atoms with E-state index in [9.17, 15) is 12.8 Å². The number of nitrogens with one attached hydrogen (secondary N) is 1. The van der Waals surface area contributed by atoms with Crippen LogP contribution in [0.4, 0.5) is 4.39 Å². The van der Waals surface area contributed by atoms with Crippen molar-refractivity contribution in [2.45, 2.75) is 29.8 Å². The molecule has 0 atom stereocenters. The van der Waals surface area contributed by atoms with Crippen LogP contribution in [0.2, 0.25) is 5.02 Å². The van der Waals surface area contributed by atoms with Gasteiger partial charge in [-0.05, 0) is 31.0 Å². The van der Waals surface area contributed by atoms with Gasteiger partial charge in [-0.15, -0.1) is 0 Å². The van der Waals surface area contributed by atoms with E-state index in [2.05, 4.69) is 4.72 Å². The standard InChI is InChI=1S/C10H12ClFN2O2S/c11-6-1-2-10(9(12)3-6)17(15,16)14-8-4-7(13)5-8/h1-3,7-8,14H,4-5,13H2. The fraction of sp³-hybridized carbons (Fsp3) is 0.400. The van der Waals surface area contributed by atoms with Crippen molar-refractivity contribution < 1.29 is 12.8 Å². The zero-order chi connectivity index (χ0) is 12.6. The lowest BCUT2D eigenvalue weighted by Crippen LogP contribution is -2.50. The first-order valence-corrected chi connectivity index (χ1v) is 6.97. The minimum Gasteiger partial charge on any atom is -0.328 e. The Bertz CT molecular complexity index is 529. The monoisotopic (exact) mass is 278 g/mol. The minimum atomic E-state index is -3.83. The molecule has 7 heteroatoms. The molecule has 1 saturated carbocycles. The fourth-order valence-corrected chi connectivity index (χ4v) is 3.21. The van der Waals surface area contributed by atoms with E-state index in [1.165, 1.54) is 6.07 Å². The molecule has 1 fully saturated rings. The summed E-state index contributed by atoms with van der Waals surface area (Å²) in [5.74, 6) is -0.853. The van der Waals surface area contributed by atoms with Gasteiger partial charge in [-0.25, -0.2) is 17.5 Å². The van der Waals surface area contributed by atoms with Crippen LogP contribution in [0.5, 0.6) is 0 Å². The van der Waals surface area contributed by atoms with Crippen LogP contribution in [0.15, 0.2) is 23.1 Å². The maximum absolute atomic E-state index is 13.5. The van der Waals surface area contributed by atoms with E-state index >= 15 is 0 Å². The molecule has 94 valence electrons. The average Bonchev–Trinajstić information content (AvgIpc) is 2.14.